The Bertz CT molecular complexity index is 414. The number of hydrogen-bond acceptors (Lipinski definition) is 4. The number of rotatable bonds is 5. The highest BCUT2D eigenvalue weighted by atomic mass is 16.5. The van der Waals surface area contributed by atoms with Crippen molar-refractivity contribution in [3.05, 3.63) is 29.8 Å². The van der Waals surface area contributed by atoms with Crippen molar-refractivity contribution in [3.63, 3.8) is 0 Å². The monoisotopic (exact) mass is 263 g/mol. The van der Waals surface area contributed by atoms with Crippen LogP contribution >= 0.6 is 0 Å². The normalized spacial score (nSPS) is 18.5. The Morgan fingerprint density at radius 1 is 1.26 bits per heavy atom. The van der Waals surface area contributed by atoms with E-state index in [9.17, 15) is 0 Å². The molecule has 2 rings (SSSR count). The molecule has 19 heavy (non-hydrogen) atoms. The van der Waals surface area contributed by atoms with Crippen molar-refractivity contribution in [3.8, 4) is 5.75 Å². The number of likely N-dealkylation sites (tertiary alicyclic amines) is 1. The molecule has 106 valence electrons. The van der Waals surface area contributed by atoms with Gasteiger partial charge in [0.05, 0.1) is 13.2 Å². The van der Waals surface area contributed by atoms with Crippen LogP contribution in [-0.2, 0) is 0 Å². The average Bonchev–Trinajstić information content (AvgIpc) is 2.94. The van der Waals surface area contributed by atoms with Crippen molar-refractivity contribution in [1.82, 2.24) is 10.3 Å². The minimum atomic E-state index is -0.0418. The highest BCUT2D eigenvalue weighted by Crippen LogP contribution is 2.36. The molecule has 0 amide bonds. The molecule has 0 spiro atoms. The molecule has 0 aliphatic carbocycles. The molecule has 1 unspecified atom stereocenters. The van der Waals surface area contributed by atoms with Gasteiger partial charge in [-0.1, -0.05) is 18.2 Å². The lowest BCUT2D eigenvalue weighted by molar-refractivity contribution is 0.105. The average molecular weight is 263 g/mol. The molecule has 0 saturated carbocycles. The summed E-state index contributed by atoms with van der Waals surface area (Å²) in [5.41, 5.74) is 4.06. The molecule has 1 saturated heterocycles. The number of nitrogens with zero attached hydrogens (tertiary/aromatic N) is 1. The van der Waals surface area contributed by atoms with Gasteiger partial charge in [-0.25, -0.2) is 0 Å². The minimum Gasteiger partial charge on any atom is -0.496 e. The van der Waals surface area contributed by atoms with Gasteiger partial charge in [0.25, 0.3) is 0 Å². The zero-order chi connectivity index (χ0) is 13.9. The number of para-hydroxylation sites is 1. The molecule has 4 heteroatoms. The predicted octanol–water partition coefficient (Wildman–Crippen LogP) is 2.07. The molecule has 1 aromatic rings. The summed E-state index contributed by atoms with van der Waals surface area (Å²) in [6.45, 7) is 6.77. The second-order valence-corrected chi connectivity index (χ2v) is 5.69. The van der Waals surface area contributed by atoms with Crippen LogP contribution in [0.5, 0.6) is 5.75 Å². The van der Waals surface area contributed by atoms with Crippen molar-refractivity contribution in [2.24, 2.45) is 5.84 Å². The van der Waals surface area contributed by atoms with E-state index in [4.69, 9.17) is 10.6 Å². The van der Waals surface area contributed by atoms with Crippen molar-refractivity contribution >= 4 is 0 Å². The number of benzene rings is 1. The summed E-state index contributed by atoms with van der Waals surface area (Å²) in [4.78, 5) is 2.50. The molecular formula is C15H25N3O. The molecule has 3 N–H and O–H groups in total. The van der Waals surface area contributed by atoms with Crippen LogP contribution in [0.3, 0.4) is 0 Å². The first-order chi connectivity index (χ1) is 9.11. The van der Waals surface area contributed by atoms with Crippen molar-refractivity contribution in [1.29, 1.82) is 0 Å². The summed E-state index contributed by atoms with van der Waals surface area (Å²) in [7, 11) is 1.70. The first-order valence-electron chi connectivity index (χ1n) is 6.95. The zero-order valence-corrected chi connectivity index (χ0v) is 12.1. The highest BCUT2D eigenvalue weighted by molar-refractivity contribution is 5.37. The molecule has 1 fully saturated rings. The van der Waals surface area contributed by atoms with Gasteiger partial charge in [0, 0.05) is 11.1 Å². The van der Waals surface area contributed by atoms with Crippen LogP contribution in [0.25, 0.3) is 0 Å². The Balaban J connectivity index is 2.32. The van der Waals surface area contributed by atoms with Crippen LogP contribution in [0, 0.1) is 0 Å². The smallest absolute Gasteiger partial charge is 0.123 e. The Labute approximate surface area is 115 Å². The summed E-state index contributed by atoms with van der Waals surface area (Å²) >= 11 is 0. The number of methoxy groups -OCH3 is 1. The maximum absolute atomic E-state index is 5.85. The van der Waals surface area contributed by atoms with Crippen LogP contribution in [0.4, 0.5) is 0 Å². The number of nitrogens with one attached hydrogen (secondary N) is 1. The van der Waals surface area contributed by atoms with E-state index < -0.39 is 0 Å². The maximum atomic E-state index is 5.85. The van der Waals surface area contributed by atoms with E-state index in [1.54, 1.807) is 7.11 Å². The maximum Gasteiger partial charge on any atom is 0.123 e. The van der Waals surface area contributed by atoms with Crippen molar-refractivity contribution in [2.45, 2.75) is 38.3 Å². The summed E-state index contributed by atoms with van der Waals surface area (Å²) in [5.74, 6) is 6.74. The van der Waals surface area contributed by atoms with Gasteiger partial charge in [0.15, 0.2) is 0 Å². The summed E-state index contributed by atoms with van der Waals surface area (Å²) < 4.78 is 5.47. The second kappa shape index (κ2) is 5.90. The highest BCUT2D eigenvalue weighted by Gasteiger charge is 2.38. The third kappa shape index (κ3) is 2.76. The van der Waals surface area contributed by atoms with E-state index in [0.29, 0.717) is 0 Å². The standard InChI is InChI=1S/C15H25N3O/c1-15(2,18-10-6-7-11-18)14(17-16)12-8-4-5-9-13(12)19-3/h4-5,8-9,14,17H,6-7,10-11,16H2,1-3H3. The third-order valence-electron chi connectivity index (χ3n) is 4.24. The van der Waals surface area contributed by atoms with Gasteiger partial charge < -0.3 is 4.74 Å². The Kier molecular flexibility index (Phi) is 4.45. The van der Waals surface area contributed by atoms with Crippen LogP contribution in [-0.4, -0.2) is 30.6 Å². The van der Waals surface area contributed by atoms with Gasteiger partial charge in [0.2, 0.25) is 0 Å². The Hall–Kier alpha value is -1.10. The van der Waals surface area contributed by atoms with Crippen LogP contribution in [0.15, 0.2) is 24.3 Å². The van der Waals surface area contributed by atoms with Crippen molar-refractivity contribution < 1.29 is 4.74 Å². The second-order valence-electron chi connectivity index (χ2n) is 5.69. The summed E-state index contributed by atoms with van der Waals surface area (Å²) in [6, 6.07) is 8.13. The first-order valence-corrected chi connectivity index (χ1v) is 6.95. The van der Waals surface area contributed by atoms with Crippen LogP contribution in [0.2, 0.25) is 0 Å². The van der Waals surface area contributed by atoms with E-state index >= 15 is 0 Å². The SMILES string of the molecule is COc1ccccc1C(NN)C(C)(C)N1CCCC1. The fraction of sp³-hybridized carbons (Fsp3) is 0.600. The van der Waals surface area contributed by atoms with E-state index in [0.717, 1.165) is 24.4 Å². The molecule has 0 radical (unpaired) electrons. The Morgan fingerprint density at radius 3 is 2.47 bits per heavy atom. The molecule has 1 atom stereocenters. The molecule has 1 aliphatic heterocycles. The van der Waals surface area contributed by atoms with E-state index in [1.165, 1.54) is 12.8 Å². The Morgan fingerprint density at radius 2 is 1.89 bits per heavy atom. The van der Waals surface area contributed by atoms with Crippen LogP contribution in [0.1, 0.15) is 38.3 Å². The topological polar surface area (TPSA) is 50.5 Å². The molecule has 1 aromatic carbocycles. The van der Waals surface area contributed by atoms with Gasteiger partial charge in [-0.2, -0.15) is 0 Å². The van der Waals surface area contributed by atoms with Gasteiger partial charge in [-0.3, -0.25) is 16.2 Å². The number of hydrogen-bond donors (Lipinski definition) is 2. The molecular weight excluding hydrogens is 238 g/mol. The molecule has 1 aliphatic rings. The van der Waals surface area contributed by atoms with Gasteiger partial charge in [0.1, 0.15) is 5.75 Å². The molecule has 0 aromatic heterocycles. The third-order valence-corrected chi connectivity index (χ3v) is 4.24. The van der Waals surface area contributed by atoms with Gasteiger partial charge in [-0.15, -0.1) is 0 Å². The van der Waals surface area contributed by atoms with E-state index in [2.05, 4.69) is 30.2 Å². The fourth-order valence-corrected chi connectivity index (χ4v) is 3.06. The largest absolute Gasteiger partial charge is 0.496 e. The van der Waals surface area contributed by atoms with Gasteiger partial charge >= 0.3 is 0 Å². The number of ether oxygens (including phenoxy) is 1. The predicted molar refractivity (Wildman–Crippen MR) is 77.9 cm³/mol. The lowest BCUT2D eigenvalue weighted by Gasteiger charge is -2.42. The first kappa shape index (κ1) is 14.3. The quantitative estimate of drug-likeness (QED) is 0.631. The molecule has 0 bridgehead atoms. The molecule has 4 nitrogen and oxygen atoms in total. The lowest BCUT2D eigenvalue weighted by atomic mass is 9.87. The summed E-state index contributed by atoms with van der Waals surface area (Å²) in [6.07, 6.45) is 2.54. The lowest BCUT2D eigenvalue weighted by Crippen LogP contribution is -2.53. The number of nitrogens with two attached hydrogens (primary N) is 1. The number of hydrazine groups is 1. The van der Waals surface area contributed by atoms with Gasteiger partial charge in [-0.05, 0) is 45.8 Å². The fourth-order valence-electron chi connectivity index (χ4n) is 3.06. The molecule has 1 heterocycles. The van der Waals surface area contributed by atoms with E-state index in [1.807, 2.05) is 18.2 Å². The van der Waals surface area contributed by atoms with E-state index in [-0.39, 0.29) is 11.6 Å². The zero-order valence-electron chi connectivity index (χ0n) is 12.1. The minimum absolute atomic E-state index is 0.0418. The van der Waals surface area contributed by atoms with Crippen molar-refractivity contribution in [2.75, 3.05) is 20.2 Å². The van der Waals surface area contributed by atoms with Crippen LogP contribution < -0.4 is 16.0 Å². The summed E-state index contributed by atoms with van der Waals surface area (Å²) in [5, 5.41) is 0.